The van der Waals surface area contributed by atoms with E-state index in [1.54, 1.807) is 0 Å². The summed E-state index contributed by atoms with van der Waals surface area (Å²) in [5, 5.41) is 0. The van der Waals surface area contributed by atoms with Gasteiger partial charge in [0, 0.05) is 12.2 Å². The molecule has 6 heteroatoms. The molecule has 0 saturated heterocycles. The maximum atomic E-state index is 6.13. The lowest BCUT2D eigenvalue weighted by atomic mass is 10.1. The van der Waals surface area contributed by atoms with Gasteiger partial charge in [0.1, 0.15) is 0 Å². The minimum atomic E-state index is -2.85. The van der Waals surface area contributed by atoms with E-state index in [1.165, 1.54) is 0 Å². The summed E-state index contributed by atoms with van der Waals surface area (Å²) >= 11 is 0. The summed E-state index contributed by atoms with van der Waals surface area (Å²) in [7, 11) is -2.85. The third-order valence-corrected chi connectivity index (χ3v) is 5.28. The maximum absolute atomic E-state index is 6.13. The monoisotopic (exact) mass is 278 g/mol. The van der Waals surface area contributed by atoms with E-state index in [0.717, 1.165) is 6.42 Å². The molecule has 0 aliphatic rings. The van der Waals surface area contributed by atoms with Crippen LogP contribution in [-0.2, 0) is 13.3 Å². The van der Waals surface area contributed by atoms with Crippen molar-refractivity contribution in [1.82, 2.24) is 0 Å². The highest BCUT2D eigenvalue weighted by Gasteiger charge is 2.46. The molecule has 0 aromatic rings. The summed E-state index contributed by atoms with van der Waals surface area (Å²) in [5.74, 6) is 0. The van der Waals surface area contributed by atoms with Gasteiger partial charge in [-0.1, -0.05) is 0 Å². The van der Waals surface area contributed by atoms with Gasteiger partial charge in [-0.3, -0.25) is 0 Å². The zero-order valence-corrected chi connectivity index (χ0v) is 13.7. The molecule has 0 spiro atoms. The molecule has 0 heterocycles. The van der Waals surface area contributed by atoms with Gasteiger partial charge in [-0.15, -0.1) is 0 Å². The van der Waals surface area contributed by atoms with Crippen molar-refractivity contribution in [3.8, 4) is 0 Å². The molecule has 0 unspecified atom stereocenters. The van der Waals surface area contributed by atoms with Gasteiger partial charge in [0.15, 0.2) is 0 Å². The molecule has 0 rings (SSSR count). The van der Waals surface area contributed by atoms with Crippen LogP contribution in [0.4, 0.5) is 0 Å². The lowest BCUT2D eigenvalue weighted by Gasteiger charge is -2.38. The molecule has 110 valence electrons. The van der Waals surface area contributed by atoms with Crippen LogP contribution in [0.15, 0.2) is 0 Å². The molecular formula is C12H30N2O3Si. The highest BCUT2D eigenvalue weighted by Crippen LogP contribution is 2.24. The van der Waals surface area contributed by atoms with E-state index < -0.39 is 8.80 Å². The van der Waals surface area contributed by atoms with E-state index in [2.05, 4.69) is 0 Å². The fraction of sp³-hybridized carbons (Fsp3) is 1.00. The summed E-state index contributed by atoms with van der Waals surface area (Å²) in [6.07, 6.45) is 1.06. The topological polar surface area (TPSA) is 79.7 Å². The smallest absolute Gasteiger partial charge is 0.370 e. The molecule has 0 saturated carbocycles. The molecule has 4 N–H and O–H groups in total. The van der Waals surface area contributed by atoms with Crippen LogP contribution in [0, 0.1) is 0 Å². The molecule has 0 aliphatic heterocycles. The van der Waals surface area contributed by atoms with Crippen molar-refractivity contribution < 1.29 is 13.3 Å². The second kappa shape index (κ2) is 7.57. The Morgan fingerprint density at radius 3 is 1.72 bits per heavy atom. The Balaban J connectivity index is 4.93. The second-order valence-corrected chi connectivity index (χ2v) is 8.07. The van der Waals surface area contributed by atoms with Crippen molar-refractivity contribution in [1.29, 1.82) is 0 Å². The highest BCUT2D eigenvalue weighted by molar-refractivity contribution is 6.61. The quantitative estimate of drug-likeness (QED) is 0.624. The first-order valence-corrected chi connectivity index (χ1v) is 8.55. The zero-order chi connectivity index (χ0) is 14.4. The van der Waals surface area contributed by atoms with Crippen LogP contribution >= 0.6 is 0 Å². The maximum Gasteiger partial charge on any atom is 0.516 e. The summed E-state index contributed by atoms with van der Waals surface area (Å²) in [6.45, 7) is 12.4. The zero-order valence-electron chi connectivity index (χ0n) is 12.7. The highest BCUT2D eigenvalue weighted by atomic mass is 28.4. The largest absolute Gasteiger partial charge is 0.516 e. The fourth-order valence-electron chi connectivity index (χ4n) is 1.75. The average Bonchev–Trinajstić information content (AvgIpc) is 2.13. The first-order valence-electron chi connectivity index (χ1n) is 6.62. The first kappa shape index (κ1) is 18.0. The molecule has 18 heavy (non-hydrogen) atoms. The second-order valence-electron chi connectivity index (χ2n) is 5.62. The molecule has 0 radical (unpaired) electrons. The normalized spacial score (nSPS) is 13.7. The van der Waals surface area contributed by atoms with Crippen molar-refractivity contribution in [2.75, 3.05) is 12.7 Å². The van der Waals surface area contributed by atoms with Crippen LogP contribution in [0.2, 0.25) is 0 Å². The molecule has 0 fully saturated rings. The van der Waals surface area contributed by atoms with Crippen LogP contribution in [0.3, 0.4) is 0 Å². The van der Waals surface area contributed by atoms with Crippen LogP contribution in [0.5, 0.6) is 0 Å². The lowest BCUT2D eigenvalue weighted by molar-refractivity contribution is -0.0382. The van der Waals surface area contributed by atoms with Gasteiger partial charge in [0.2, 0.25) is 0 Å². The van der Waals surface area contributed by atoms with Gasteiger partial charge in [-0.05, 0) is 54.5 Å². The number of rotatable bonds is 9. The van der Waals surface area contributed by atoms with Gasteiger partial charge in [-0.25, -0.2) is 0 Å². The van der Waals surface area contributed by atoms with E-state index in [0.29, 0.717) is 6.54 Å². The molecule has 0 atom stereocenters. The van der Waals surface area contributed by atoms with E-state index in [1.807, 2.05) is 41.5 Å². The van der Waals surface area contributed by atoms with Gasteiger partial charge in [0.05, 0.1) is 11.8 Å². The fourth-order valence-corrected chi connectivity index (χ4v) is 4.56. The van der Waals surface area contributed by atoms with Gasteiger partial charge < -0.3 is 24.7 Å². The Morgan fingerprint density at radius 1 is 1.00 bits per heavy atom. The van der Waals surface area contributed by atoms with E-state index >= 15 is 0 Å². The van der Waals surface area contributed by atoms with Gasteiger partial charge in [-0.2, -0.15) is 0 Å². The number of hydrogen-bond acceptors (Lipinski definition) is 5. The Bertz CT molecular complexity index is 225. The van der Waals surface area contributed by atoms with Crippen molar-refractivity contribution in [3.63, 3.8) is 0 Å². The van der Waals surface area contributed by atoms with Gasteiger partial charge >= 0.3 is 8.80 Å². The molecular weight excluding hydrogens is 248 g/mol. The summed E-state index contributed by atoms with van der Waals surface area (Å²) < 4.78 is 17.9. The van der Waals surface area contributed by atoms with Crippen molar-refractivity contribution >= 4 is 8.80 Å². The van der Waals surface area contributed by atoms with Crippen LogP contribution in [-0.4, -0.2) is 39.3 Å². The Morgan fingerprint density at radius 2 is 1.44 bits per heavy atom. The average molecular weight is 278 g/mol. The molecule has 0 aromatic heterocycles. The Kier molecular flexibility index (Phi) is 7.58. The predicted octanol–water partition coefficient (Wildman–Crippen LogP) is 1.42. The van der Waals surface area contributed by atoms with Crippen molar-refractivity contribution in [3.05, 3.63) is 0 Å². The lowest BCUT2D eigenvalue weighted by Crippen LogP contribution is -2.59. The van der Waals surface area contributed by atoms with Crippen molar-refractivity contribution in [2.45, 2.75) is 65.8 Å². The third kappa shape index (κ3) is 6.82. The SMILES string of the molecule is CC(C)O[Si](CN)(OC(C)C)OC(C)(C)CCN. The van der Waals surface area contributed by atoms with E-state index in [9.17, 15) is 0 Å². The summed E-state index contributed by atoms with van der Waals surface area (Å²) in [5.41, 5.74) is 11.1. The molecule has 0 aromatic carbocycles. The standard InChI is InChI=1S/C12H30N2O3Si/c1-10(2)15-18(9-14,16-11(3)4)17-12(5,6)7-8-13/h10-11H,7-9,13-14H2,1-6H3. The van der Waals surface area contributed by atoms with Gasteiger partial charge in [0.25, 0.3) is 0 Å². The first-order chi connectivity index (χ1) is 8.16. The Labute approximate surface area is 113 Å². The van der Waals surface area contributed by atoms with Crippen LogP contribution < -0.4 is 11.5 Å². The van der Waals surface area contributed by atoms with Crippen LogP contribution in [0.1, 0.15) is 48.0 Å². The van der Waals surface area contributed by atoms with Crippen LogP contribution in [0.25, 0.3) is 0 Å². The molecule has 0 bridgehead atoms. The van der Waals surface area contributed by atoms with E-state index in [-0.39, 0.29) is 24.0 Å². The predicted molar refractivity (Wildman–Crippen MR) is 76.1 cm³/mol. The Hall–Kier alpha value is 0.0169. The minimum absolute atomic E-state index is 0.0210. The third-order valence-electron chi connectivity index (χ3n) is 2.26. The molecule has 0 aliphatic carbocycles. The van der Waals surface area contributed by atoms with E-state index in [4.69, 9.17) is 24.7 Å². The summed E-state index contributed by atoms with van der Waals surface area (Å²) in [6, 6.07) is 0. The molecule has 5 nitrogen and oxygen atoms in total. The minimum Gasteiger partial charge on any atom is -0.370 e. The number of hydrogen-bond donors (Lipinski definition) is 2. The number of nitrogens with two attached hydrogens (primary N) is 2. The van der Waals surface area contributed by atoms with Crippen molar-refractivity contribution in [2.24, 2.45) is 11.5 Å². The molecule has 0 amide bonds. The summed E-state index contributed by atoms with van der Waals surface area (Å²) in [4.78, 5) is 0.